The molecule has 2 aliphatic heterocycles. The van der Waals surface area contributed by atoms with Gasteiger partial charge in [-0.3, -0.25) is 0 Å². The van der Waals surface area contributed by atoms with Gasteiger partial charge in [-0.1, -0.05) is 17.7 Å². The van der Waals surface area contributed by atoms with E-state index in [1.54, 1.807) is 23.9 Å². The highest BCUT2D eigenvalue weighted by atomic mass is 35.5. The average molecular weight is 405 g/mol. The van der Waals surface area contributed by atoms with E-state index in [9.17, 15) is 4.79 Å². The molecule has 0 radical (unpaired) electrons. The van der Waals surface area contributed by atoms with Gasteiger partial charge in [-0.05, 0) is 37.5 Å². The number of carbonyl (C=O) groups excluding carboxylic acids is 1. The standard InChI is InChI=1S/C19H21ClN4O4/c1-11-16(18(25)28-9-13-4-3-7-27-13)17(24-19(23-11)21-10-22-24)12-5-6-15(26-2)14(20)8-12/h5-6,8,10,13,17H,3-4,7,9H2,1-2H3,(H,21,22,23)/t13-,17+/m1/s1. The first-order valence-corrected chi connectivity index (χ1v) is 9.45. The number of halogens is 1. The molecule has 148 valence electrons. The lowest BCUT2D eigenvalue weighted by Gasteiger charge is -2.28. The number of aromatic nitrogens is 3. The van der Waals surface area contributed by atoms with Gasteiger partial charge in [0.1, 0.15) is 24.7 Å². The number of carbonyl (C=O) groups is 1. The van der Waals surface area contributed by atoms with Crippen LogP contribution in [0.15, 0.2) is 35.8 Å². The summed E-state index contributed by atoms with van der Waals surface area (Å²) < 4.78 is 18.0. The second kappa shape index (κ2) is 7.81. The summed E-state index contributed by atoms with van der Waals surface area (Å²) in [4.78, 5) is 17.2. The first-order chi connectivity index (χ1) is 13.6. The maximum Gasteiger partial charge on any atom is 0.338 e. The van der Waals surface area contributed by atoms with Crippen LogP contribution in [0.3, 0.4) is 0 Å². The number of rotatable bonds is 5. The Bertz CT molecular complexity index is 920. The molecule has 0 bridgehead atoms. The Morgan fingerprint density at radius 3 is 3.04 bits per heavy atom. The molecule has 2 aromatic rings. The summed E-state index contributed by atoms with van der Waals surface area (Å²) in [5.41, 5.74) is 1.90. The summed E-state index contributed by atoms with van der Waals surface area (Å²) in [5.74, 6) is 0.685. The molecule has 1 saturated heterocycles. The molecular formula is C19H21ClN4O4. The Balaban J connectivity index is 1.67. The molecule has 0 unspecified atom stereocenters. The molecule has 28 heavy (non-hydrogen) atoms. The summed E-state index contributed by atoms with van der Waals surface area (Å²) in [6.07, 6.45) is 3.28. The SMILES string of the molecule is COc1ccc([C@H]2C(C(=O)OC[C@H]3CCCO3)=C(C)Nc3ncnn32)cc1Cl. The molecule has 0 saturated carbocycles. The van der Waals surface area contributed by atoms with Crippen LogP contribution in [-0.2, 0) is 14.3 Å². The summed E-state index contributed by atoms with van der Waals surface area (Å²) in [6.45, 7) is 2.76. The number of methoxy groups -OCH3 is 1. The van der Waals surface area contributed by atoms with Gasteiger partial charge < -0.3 is 19.5 Å². The molecule has 2 aliphatic rings. The van der Waals surface area contributed by atoms with Gasteiger partial charge in [0.15, 0.2) is 0 Å². The van der Waals surface area contributed by atoms with Crippen LogP contribution in [0.5, 0.6) is 5.75 Å². The predicted octanol–water partition coefficient (Wildman–Crippen LogP) is 2.95. The zero-order valence-electron chi connectivity index (χ0n) is 15.6. The molecule has 1 N–H and O–H groups in total. The Morgan fingerprint density at radius 1 is 1.46 bits per heavy atom. The smallest absolute Gasteiger partial charge is 0.338 e. The van der Waals surface area contributed by atoms with Crippen LogP contribution in [0, 0.1) is 0 Å². The van der Waals surface area contributed by atoms with Gasteiger partial charge in [0.05, 0.1) is 23.8 Å². The number of anilines is 1. The lowest BCUT2D eigenvalue weighted by Crippen LogP contribution is -2.30. The summed E-state index contributed by atoms with van der Waals surface area (Å²) in [5, 5.41) is 7.86. The minimum atomic E-state index is -0.515. The Labute approximate surface area is 167 Å². The molecule has 0 amide bonds. The van der Waals surface area contributed by atoms with E-state index in [0.29, 0.717) is 34.6 Å². The Kier molecular flexibility index (Phi) is 5.23. The molecule has 9 heteroatoms. The maximum absolute atomic E-state index is 13.0. The van der Waals surface area contributed by atoms with Gasteiger partial charge in [0, 0.05) is 12.3 Å². The molecule has 3 heterocycles. The van der Waals surface area contributed by atoms with Crippen molar-refractivity contribution in [2.75, 3.05) is 25.6 Å². The van der Waals surface area contributed by atoms with Crippen LogP contribution in [0.2, 0.25) is 5.02 Å². The predicted molar refractivity (Wildman–Crippen MR) is 102 cm³/mol. The van der Waals surface area contributed by atoms with Crippen LogP contribution in [0.1, 0.15) is 31.4 Å². The molecular weight excluding hydrogens is 384 g/mol. The normalized spacial score (nSPS) is 21.2. The van der Waals surface area contributed by atoms with Crippen molar-refractivity contribution in [3.8, 4) is 5.75 Å². The molecule has 0 spiro atoms. The van der Waals surface area contributed by atoms with E-state index in [-0.39, 0.29) is 12.7 Å². The van der Waals surface area contributed by atoms with Crippen LogP contribution in [-0.4, -0.2) is 47.2 Å². The van der Waals surface area contributed by atoms with E-state index in [0.717, 1.165) is 18.4 Å². The minimum Gasteiger partial charge on any atom is -0.495 e. The van der Waals surface area contributed by atoms with Crippen molar-refractivity contribution in [2.24, 2.45) is 0 Å². The third-order valence-corrected chi connectivity index (χ3v) is 5.23. The Morgan fingerprint density at radius 2 is 2.32 bits per heavy atom. The largest absolute Gasteiger partial charge is 0.495 e. The fourth-order valence-electron chi connectivity index (χ4n) is 3.54. The van der Waals surface area contributed by atoms with Gasteiger partial charge in [-0.25, -0.2) is 9.48 Å². The lowest BCUT2D eigenvalue weighted by molar-refractivity contribution is -0.142. The number of ether oxygens (including phenoxy) is 3. The quantitative estimate of drug-likeness (QED) is 0.766. The van der Waals surface area contributed by atoms with E-state index in [4.69, 9.17) is 25.8 Å². The number of esters is 1. The second-order valence-corrected chi connectivity index (χ2v) is 7.13. The number of hydrogen-bond donors (Lipinski definition) is 1. The van der Waals surface area contributed by atoms with Gasteiger partial charge in [0.2, 0.25) is 5.95 Å². The minimum absolute atomic E-state index is 0.0442. The van der Waals surface area contributed by atoms with Crippen molar-refractivity contribution >= 4 is 23.5 Å². The highest BCUT2D eigenvalue weighted by molar-refractivity contribution is 6.32. The zero-order chi connectivity index (χ0) is 19.7. The fourth-order valence-corrected chi connectivity index (χ4v) is 3.80. The molecule has 1 aromatic heterocycles. The zero-order valence-corrected chi connectivity index (χ0v) is 16.4. The highest BCUT2D eigenvalue weighted by Crippen LogP contribution is 2.37. The van der Waals surface area contributed by atoms with Gasteiger partial charge in [-0.2, -0.15) is 10.1 Å². The Hall–Kier alpha value is -2.58. The van der Waals surface area contributed by atoms with Crippen molar-refractivity contribution in [2.45, 2.75) is 31.9 Å². The van der Waals surface area contributed by atoms with E-state index < -0.39 is 12.0 Å². The van der Waals surface area contributed by atoms with Crippen LogP contribution >= 0.6 is 11.6 Å². The molecule has 1 aromatic carbocycles. The second-order valence-electron chi connectivity index (χ2n) is 6.72. The summed E-state index contributed by atoms with van der Waals surface area (Å²) in [6, 6.07) is 4.87. The van der Waals surface area contributed by atoms with Crippen LogP contribution in [0.25, 0.3) is 0 Å². The van der Waals surface area contributed by atoms with E-state index >= 15 is 0 Å². The van der Waals surface area contributed by atoms with E-state index in [2.05, 4.69) is 15.4 Å². The van der Waals surface area contributed by atoms with Crippen molar-refractivity contribution in [1.82, 2.24) is 14.8 Å². The number of allylic oxidation sites excluding steroid dienone is 1. The number of benzene rings is 1. The highest BCUT2D eigenvalue weighted by Gasteiger charge is 2.35. The average Bonchev–Trinajstić information content (AvgIpc) is 3.36. The topological polar surface area (TPSA) is 87.5 Å². The summed E-state index contributed by atoms with van der Waals surface area (Å²) >= 11 is 6.33. The van der Waals surface area contributed by atoms with Gasteiger partial charge in [0.25, 0.3) is 0 Å². The summed E-state index contributed by atoms with van der Waals surface area (Å²) in [7, 11) is 1.55. The maximum atomic E-state index is 13.0. The van der Waals surface area contributed by atoms with Crippen molar-refractivity contribution in [3.05, 3.63) is 46.4 Å². The third kappa shape index (κ3) is 3.45. The monoisotopic (exact) mass is 404 g/mol. The third-order valence-electron chi connectivity index (χ3n) is 4.93. The fraction of sp³-hybridized carbons (Fsp3) is 0.421. The number of fused-ring (bicyclic) bond motifs is 1. The van der Waals surface area contributed by atoms with Crippen molar-refractivity contribution in [1.29, 1.82) is 0 Å². The number of hydrogen-bond acceptors (Lipinski definition) is 7. The lowest BCUT2D eigenvalue weighted by atomic mass is 9.95. The molecule has 4 rings (SSSR count). The first-order valence-electron chi connectivity index (χ1n) is 9.08. The molecule has 0 aliphatic carbocycles. The van der Waals surface area contributed by atoms with E-state index in [1.807, 2.05) is 13.0 Å². The molecule has 8 nitrogen and oxygen atoms in total. The molecule has 2 atom stereocenters. The van der Waals surface area contributed by atoms with E-state index in [1.165, 1.54) is 6.33 Å². The van der Waals surface area contributed by atoms with Crippen molar-refractivity contribution in [3.63, 3.8) is 0 Å². The van der Waals surface area contributed by atoms with Crippen molar-refractivity contribution < 1.29 is 19.0 Å². The van der Waals surface area contributed by atoms with Crippen LogP contribution < -0.4 is 10.1 Å². The number of nitrogens with one attached hydrogen (secondary N) is 1. The first kappa shape index (κ1) is 18.8. The van der Waals surface area contributed by atoms with Gasteiger partial charge in [-0.15, -0.1) is 0 Å². The number of nitrogens with zero attached hydrogens (tertiary/aromatic N) is 3. The van der Waals surface area contributed by atoms with Gasteiger partial charge >= 0.3 is 5.97 Å². The molecule has 1 fully saturated rings. The van der Waals surface area contributed by atoms with Crippen LogP contribution in [0.4, 0.5) is 5.95 Å².